The van der Waals surface area contributed by atoms with E-state index in [1.165, 1.54) is 11.8 Å². The Morgan fingerprint density at radius 2 is 2.03 bits per heavy atom. The van der Waals surface area contributed by atoms with E-state index in [4.69, 9.17) is 11.6 Å². The molecule has 0 bridgehead atoms. The molecule has 0 aliphatic carbocycles. The third-order valence-corrected chi connectivity index (χ3v) is 5.64. The average molecular weight is 423 g/mol. The maximum Gasteiger partial charge on any atom is 0.254 e. The van der Waals surface area contributed by atoms with Crippen molar-refractivity contribution in [3.63, 3.8) is 0 Å². The fourth-order valence-electron chi connectivity index (χ4n) is 3.09. The van der Waals surface area contributed by atoms with Gasteiger partial charge in [0.05, 0.1) is 22.6 Å². The molecule has 1 atom stereocenters. The molecule has 2 aromatic rings. The third-order valence-electron chi connectivity index (χ3n) is 4.38. The Balaban J connectivity index is 2.03. The molecule has 5 nitrogen and oxygen atoms in total. The first-order valence-electron chi connectivity index (χ1n) is 8.87. The van der Waals surface area contributed by atoms with Crippen molar-refractivity contribution < 1.29 is 4.79 Å². The second kappa shape index (κ2) is 9.46. The smallest absolute Gasteiger partial charge is 0.254 e. The number of pyridine rings is 1. The zero-order chi connectivity index (χ0) is 20.8. The van der Waals surface area contributed by atoms with Gasteiger partial charge < -0.3 is 10.6 Å². The molecule has 1 aromatic heterocycles. The second-order valence-corrected chi connectivity index (χ2v) is 7.76. The van der Waals surface area contributed by atoms with Crippen molar-refractivity contribution in [3.8, 4) is 6.07 Å². The van der Waals surface area contributed by atoms with Crippen LogP contribution in [0.4, 0.5) is 5.69 Å². The second-order valence-electron chi connectivity index (χ2n) is 6.29. The van der Waals surface area contributed by atoms with E-state index in [9.17, 15) is 10.1 Å². The highest BCUT2D eigenvalue weighted by molar-refractivity contribution is 8.03. The van der Waals surface area contributed by atoms with Gasteiger partial charge in [0.1, 0.15) is 0 Å². The minimum absolute atomic E-state index is 0.278. The van der Waals surface area contributed by atoms with E-state index in [1.807, 2.05) is 19.1 Å². The molecule has 1 aliphatic rings. The summed E-state index contributed by atoms with van der Waals surface area (Å²) in [5.41, 5.74) is 3.14. The summed E-state index contributed by atoms with van der Waals surface area (Å²) in [4.78, 5) is 17.3. The maximum atomic E-state index is 13.2. The lowest BCUT2D eigenvalue weighted by molar-refractivity contribution is -0.113. The third kappa shape index (κ3) is 4.70. The average Bonchev–Trinajstić information content (AvgIpc) is 2.73. The lowest BCUT2D eigenvalue weighted by Crippen LogP contribution is -2.30. The topological polar surface area (TPSA) is 77.8 Å². The summed E-state index contributed by atoms with van der Waals surface area (Å²) in [7, 11) is 0. The Hall–Kier alpha value is -3.01. The van der Waals surface area contributed by atoms with Gasteiger partial charge in [-0.05, 0) is 48.9 Å². The Labute approximate surface area is 179 Å². The molecule has 3 rings (SSSR count). The first-order chi connectivity index (χ1) is 14.0. The van der Waals surface area contributed by atoms with Crippen LogP contribution in [0, 0.1) is 11.3 Å². The van der Waals surface area contributed by atoms with Crippen molar-refractivity contribution in [3.05, 3.63) is 93.9 Å². The summed E-state index contributed by atoms with van der Waals surface area (Å²) >= 11 is 7.41. The van der Waals surface area contributed by atoms with E-state index >= 15 is 0 Å². The van der Waals surface area contributed by atoms with Crippen molar-refractivity contribution in [1.82, 2.24) is 10.3 Å². The number of carbonyl (C=O) groups is 1. The standard InChI is InChI=1S/C22H19ClN4OS/c1-3-12-29-22-18(13-24)20(15-8-10-25-11-9-15)19(14(2)26-22)21(28)27-17-6-4-16(23)5-7-17/h3-11,20,26H,1,12H2,2H3,(H,27,28)/t20-/m0/s1. The summed E-state index contributed by atoms with van der Waals surface area (Å²) < 4.78 is 0. The van der Waals surface area contributed by atoms with Crippen LogP contribution in [0.1, 0.15) is 18.4 Å². The summed E-state index contributed by atoms with van der Waals surface area (Å²) in [6, 6.07) is 12.8. The molecule has 2 heterocycles. The minimum atomic E-state index is -0.496. The lowest BCUT2D eigenvalue weighted by atomic mass is 9.82. The normalized spacial score (nSPS) is 16.1. The SMILES string of the molecule is C=CCSC1=C(C#N)[C@H](c2ccncc2)C(C(=O)Nc2ccc(Cl)cc2)=C(C)N1. The van der Waals surface area contributed by atoms with Crippen LogP contribution in [0.2, 0.25) is 5.02 Å². The van der Waals surface area contributed by atoms with Gasteiger partial charge in [-0.25, -0.2) is 0 Å². The number of dihydropyridines is 1. The molecule has 146 valence electrons. The number of anilines is 1. The van der Waals surface area contributed by atoms with E-state index in [0.29, 0.717) is 33.3 Å². The highest BCUT2D eigenvalue weighted by atomic mass is 35.5. The van der Waals surface area contributed by atoms with E-state index in [1.54, 1.807) is 42.7 Å². The van der Waals surface area contributed by atoms with Crippen LogP contribution in [0.3, 0.4) is 0 Å². The van der Waals surface area contributed by atoms with Crippen LogP contribution >= 0.6 is 23.4 Å². The van der Waals surface area contributed by atoms with Gasteiger partial charge in [-0.2, -0.15) is 5.26 Å². The number of benzene rings is 1. The molecule has 0 saturated carbocycles. The van der Waals surface area contributed by atoms with Gasteiger partial charge in [-0.15, -0.1) is 18.3 Å². The molecule has 0 unspecified atom stereocenters. The molecule has 0 fully saturated rings. The van der Waals surface area contributed by atoms with Crippen molar-refractivity contribution in [2.24, 2.45) is 0 Å². The van der Waals surface area contributed by atoms with Crippen LogP contribution in [-0.4, -0.2) is 16.6 Å². The monoisotopic (exact) mass is 422 g/mol. The van der Waals surface area contributed by atoms with Gasteiger partial charge in [0, 0.05) is 40.1 Å². The number of rotatable bonds is 6. The summed E-state index contributed by atoms with van der Waals surface area (Å²) in [6.07, 6.45) is 5.09. The van der Waals surface area contributed by atoms with Crippen molar-refractivity contribution in [1.29, 1.82) is 5.26 Å². The van der Waals surface area contributed by atoms with Gasteiger partial charge in [-0.1, -0.05) is 17.7 Å². The Morgan fingerprint density at radius 1 is 1.34 bits per heavy atom. The number of thioether (sulfide) groups is 1. The largest absolute Gasteiger partial charge is 0.353 e. The van der Waals surface area contributed by atoms with Crippen LogP contribution in [0.15, 0.2) is 83.3 Å². The molecule has 2 N–H and O–H groups in total. The number of hydrogen-bond acceptors (Lipinski definition) is 5. The number of halogens is 1. The van der Waals surface area contributed by atoms with E-state index in [2.05, 4.69) is 28.3 Å². The van der Waals surface area contributed by atoms with Crippen molar-refractivity contribution in [2.45, 2.75) is 12.8 Å². The first kappa shape index (κ1) is 20.7. The summed E-state index contributed by atoms with van der Waals surface area (Å²) in [5.74, 6) is -0.126. The first-order valence-corrected chi connectivity index (χ1v) is 10.2. The van der Waals surface area contributed by atoms with Crippen LogP contribution in [0.5, 0.6) is 0 Å². The summed E-state index contributed by atoms with van der Waals surface area (Å²) in [6.45, 7) is 5.58. The Kier molecular flexibility index (Phi) is 6.76. The van der Waals surface area contributed by atoms with Gasteiger partial charge >= 0.3 is 0 Å². The van der Waals surface area contributed by atoms with Crippen LogP contribution in [-0.2, 0) is 4.79 Å². The molecule has 0 saturated heterocycles. The highest BCUT2D eigenvalue weighted by Gasteiger charge is 2.34. The molecular weight excluding hydrogens is 404 g/mol. The zero-order valence-electron chi connectivity index (χ0n) is 15.8. The highest BCUT2D eigenvalue weighted by Crippen LogP contribution is 2.40. The van der Waals surface area contributed by atoms with Gasteiger partial charge in [0.2, 0.25) is 0 Å². The van der Waals surface area contributed by atoms with Gasteiger partial charge in [-0.3, -0.25) is 9.78 Å². The molecule has 1 amide bonds. The molecule has 0 spiro atoms. The molecule has 1 aromatic carbocycles. The predicted molar refractivity (Wildman–Crippen MR) is 118 cm³/mol. The molecule has 7 heteroatoms. The Morgan fingerprint density at radius 3 is 2.66 bits per heavy atom. The number of carbonyl (C=O) groups excluding carboxylic acids is 1. The molecule has 1 aliphatic heterocycles. The van der Waals surface area contributed by atoms with E-state index in [0.717, 1.165) is 10.6 Å². The molecule has 29 heavy (non-hydrogen) atoms. The fourth-order valence-corrected chi connectivity index (χ4v) is 4.05. The number of nitrogens with zero attached hydrogens (tertiary/aromatic N) is 2. The predicted octanol–water partition coefficient (Wildman–Crippen LogP) is 4.99. The van der Waals surface area contributed by atoms with Crippen molar-refractivity contribution >= 4 is 35.0 Å². The zero-order valence-corrected chi connectivity index (χ0v) is 17.3. The molecular formula is C22H19ClN4OS. The Bertz CT molecular complexity index is 1020. The van der Waals surface area contributed by atoms with Crippen molar-refractivity contribution in [2.75, 3.05) is 11.1 Å². The lowest BCUT2D eigenvalue weighted by Gasteiger charge is -2.29. The number of nitrogens with one attached hydrogen (secondary N) is 2. The number of nitriles is 1. The van der Waals surface area contributed by atoms with Gasteiger partial charge in [0.15, 0.2) is 0 Å². The number of aromatic nitrogens is 1. The summed E-state index contributed by atoms with van der Waals surface area (Å²) in [5, 5.41) is 17.4. The quantitative estimate of drug-likeness (QED) is 0.641. The van der Waals surface area contributed by atoms with E-state index < -0.39 is 5.92 Å². The van der Waals surface area contributed by atoms with E-state index in [-0.39, 0.29) is 5.91 Å². The number of amides is 1. The fraction of sp³-hybridized carbons (Fsp3) is 0.136. The van der Waals surface area contributed by atoms with Crippen LogP contribution < -0.4 is 10.6 Å². The number of allylic oxidation sites excluding steroid dienone is 2. The van der Waals surface area contributed by atoms with Crippen LogP contribution in [0.25, 0.3) is 0 Å². The maximum absolute atomic E-state index is 13.2. The molecule has 0 radical (unpaired) electrons. The number of hydrogen-bond donors (Lipinski definition) is 2. The minimum Gasteiger partial charge on any atom is -0.353 e. The van der Waals surface area contributed by atoms with Gasteiger partial charge in [0.25, 0.3) is 5.91 Å².